The predicted molar refractivity (Wildman–Crippen MR) is 99.1 cm³/mol. The van der Waals surface area contributed by atoms with Gasteiger partial charge in [0.2, 0.25) is 11.8 Å². The highest BCUT2D eigenvalue weighted by Crippen LogP contribution is 2.25. The highest BCUT2D eigenvalue weighted by atomic mass is 35.5. The number of hydrogen-bond acceptors (Lipinski definition) is 3. The fraction of sp³-hybridized carbons (Fsp3) is 0.167. The Morgan fingerprint density at radius 3 is 2.48 bits per heavy atom. The van der Waals surface area contributed by atoms with Crippen LogP contribution >= 0.6 is 23.2 Å². The first-order valence-corrected chi connectivity index (χ1v) is 8.44. The van der Waals surface area contributed by atoms with Crippen molar-refractivity contribution in [1.29, 1.82) is 0 Å². The van der Waals surface area contributed by atoms with Crippen LogP contribution in [0.2, 0.25) is 10.0 Å². The van der Waals surface area contributed by atoms with E-state index in [2.05, 4.69) is 10.5 Å². The van der Waals surface area contributed by atoms with Gasteiger partial charge in [-0.2, -0.15) is 5.10 Å². The lowest BCUT2D eigenvalue weighted by Gasteiger charge is -2.16. The number of rotatable bonds is 4. The van der Waals surface area contributed by atoms with Gasteiger partial charge in [0.05, 0.1) is 22.2 Å². The number of hydrazone groups is 1. The van der Waals surface area contributed by atoms with E-state index in [9.17, 15) is 9.59 Å². The van der Waals surface area contributed by atoms with Gasteiger partial charge in [-0.25, -0.2) is 5.43 Å². The second kappa shape index (κ2) is 7.68. The molecule has 1 N–H and O–H groups in total. The minimum Gasteiger partial charge on any atom is -0.312 e. The Bertz CT molecular complexity index is 804. The molecular formula is C18H15Cl2N3O2. The maximum absolute atomic E-state index is 12.3. The zero-order chi connectivity index (χ0) is 17.8. The summed E-state index contributed by atoms with van der Waals surface area (Å²) in [5.74, 6) is -0.845. The maximum Gasteiger partial charge on any atom is 0.245 e. The van der Waals surface area contributed by atoms with E-state index in [1.807, 2.05) is 30.3 Å². The van der Waals surface area contributed by atoms with Crippen LogP contribution in [0.5, 0.6) is 0 Å². The highest BCUT2D eigenvalue weighted by molar-refractivity contribution is 6.38. The molecule has 0 bridgehead atoms. The smallest absolute Gasteiger partial charge is 0.245 e. The number of halogens is 2. The van der Waals surface area contributed by atoms with E-state index < -0.39 is 5.92 Å². The molecule has 0 aliphatic carbocycles. The number of amides is 2. The van der Waals surface area contributed by atoms with Crippen LogP contribution in [0.1, 0.15) is 12.0 Å². The molecule has 25 heavy (non-hydrogen) atoms. The lowest BCUT2D eigenvalue weighted by molar-refractivity contribution is -0.126. The van der Waals surface area contributed by atoms with Crippen molar-refractivity contribution >= 4 is 46.9 Å². The van der Waals surface area contributed by atoms with E-state index in [4.69, 9.17) is 23.2 Å². The van der Waals surface area contributed by atoms with E-state index in [0.717, 1.165) is 5.69 Å². The molecule has 5 nitrogen and oxygen atoms in total. The van der Waals surface area contributed by atoms with E-state index >= 15 is 0 Å². The summed E-state index contributed by atoms with van der Waals surface area (Å²) in [5.41, 5.74) is 3.77. The van der Waals surface area contributed by atoms with Crippen LogP contribution in [0.25, 0.3) is 0 Å². The zero-order valence-corrected chi connectivity index (χ0v) is 14.7. The summed E-state index contributed by atoms with van der Waals surface area (Å²) in [4.78, 5) is 26.0. The SMILES string of the molecule is O=C(NN=Cc1c(Cl)cccc1Cl)[C@@H]1CC(=O)N(c2ccccc2)C1. The zero-order valence-electron chi connectivity index (χ0n) is 13.2. The average molecular weight is 376 g/mol. The van der Waals surface area contributed by atoms with Crippen molar-refractivity contribution in [2.45, 2.75) is 6.42 Å². The molecule has 1 fully saturated rings. The summed E-state index contributed by atoms with van der Waals surface area (Å²) >= 11 is 12.1. The van der Waals surface area contributed by atoms with Crippen LogP contribution in [-0.2, 0) is 9.59 Å². The Hall–Kier alpha value is -2.37. The minimum atomic E-state index is -0.452. The van der Waals surface area contributed by atoms with Crippen molar-refractivity contribution in [3.05, 3.63) is 64.1 Å². The third-order valence-corrected chi connectivity index (χ3v) is 4.59. The number of nitrogens with zero attached hydrogens (tertiary/aromatic N) is 2. The molecule has 1 heterocycles. The molecule has 7 heteroatoms. The van der Waals surface area contributed by atoms with Crippen molar-refractivity contribution in [1.82, 2.24) is 5.43 Å². The Morgan fingerprint density at radius 2 is 1.80 bits per heavy atom. The van der Waals surface area contributed by atoms with Gasteiger partial charge in [0.1, 0.15) is 0 Å². The molecule has 128 valence electrons. The number of carbonyl (C=O) groups excluding carboxylic acids is 2. The van der Waals surface area contributed by atoms with E-state index in [-0.39, 0.29) is 18.2 Å². The molecule has 2 aromatic carbocycles. The number of carbonyl (C=O) groups is 2. The van der Waals surface area contributed by atoms with Gasteiger partial charge in [-0.05, 0) is 24.3 Å². The van der Waals surface area contributed by atoms with Crippen LogP contribution in [0.15, 0.2) is 53.6 Å². The number of benzene rings is 2. The number of anilines is 1. The Morgan fingerprint density at radius 1 is 1.12 bits per heavy atom. The van der Waals surface area contributed by atoms with Crippen LogP contribution in [0, 0.1) is 5.92 Å². The van der Waals surface area contributed by atoms with Crippen molar-refractivity contribution in [3.63, 3.8) is 0 Å². The molecule has 0 radical (unpaired) electrons. The van der Waals surface area contributed by atoms with E-state index in [1.165, 1.54) is 6.21 Å². The number of para-hydroxylation sites is 1. The van der Waals surface area contributed by atoms with E-state index in [1.54, 1.807) is 23.1 Å². The lowest BCUT2D eigenvalue weighted by atomic mass is 10.1. The molecule has 0 aromatic heterocycles. The first-order valence-electron chi connectivity index (χ1n) is 7.68. The molecule has 2 amide bonds. The van der Waals surface area contributed by atoms with Gasteiger partial charge in [-0.15, -0.1) is 0 Å². The summed E-state index contributed by atoms with van der Waals surface area (Å²) in [6.45, 7) is 0.330. The third kappa shape index (κ3) is 4.00. The summed E-state index contributed by atoms with van der Waals surface area (Å²) in [5, 5.41) is 4.79. The second-order valence-electron chi connectivity index (χ2n) is 5.61. The van der Waals surface area contributed by atoms with Crippen molar-refractivity contribution in [2.24, 2.45) is 11.0 Å². The lowest BCUT2D eigenvalue weighted by Crippen LogP contribution is -2.30. The highest BCUT2D eigenvalue weighted by Gasteiger charge is 2.34. The molecule has 1 saturated heterocycles. The quantitative estimate of drug-likeness (QED) is 0.656. The summed E-state index contributed by atoms with van der Waals surface area (Å²) in [7, 11) is 0. The standard InChI is InChI=1S/C18H15Cl2N3O2/c19-15-7-4-8-16(20)14(15)10-21-22-18(25)12-9-17(24)23(11-12)13-5-2-1-3-6-13/h1-8,10,12H,9,11H2,(H,22,25)/t12-/m1/s1. The topological polar surface area (TPSA) is 61.8 Å². The number of nitrogens with one attached hydrogen (secondary N) is 1. The van der Waals surface area contributed by atoms with Crippen molar-refractivity contribution in [3.8, 4) is 0 Å². The Kier molecular flexibility index (Phi) is 5.36. The van der Waals surface area contributed by atoms with Gasteiger partial charge in [-0.3, -0.25) is 9.59 Å². The van der Waals surface area contributed by atoms with Gasteiger partial charge in [-0.1, -0.05) is 47.5 Å². The molecule has 0 spiro atoms. The largest absolute Gasteiger partial charge is 0.312 e. The molecule has 1 aliphatic heterocycles. The summed E-state index contributed by atoms with van der Waals surface area (Å²) in [6.07, 6.45) is 1.55. The molecule has 1 aliphatic rings. The van der Waals surface area contributed by atoms with Gasteiger partial charge in [0.15, 0.2) is 0 Å². The normalized spacial score (nSPS) is 17.3. The van der Waals surface area contributed by atoms with Crippen LogP contribution in [0.3, 0.4) is 0 Å². The summed E-state index contributed by atoms with van der Waals surface area (Å²) in [6, 6.07) is 14.4. The predicted octanol–water partition coefficient (Wildman–Crippen LogP) is 3.50. The summed E-state index contributed by atoms with van der Waals surface area (Å²) < 4.78 is 0. The monoisotopic (exact) mass is 375 g/mol. The van der Waals surface area contributed by atoms with Crippen LogP contribution in [0.4, 0.5) is 5.69 Å². The van der Waals surface area contributed by atoms with Crippen LogP contribution in [-0.4, -0.2) is 24.6 Å². The van der Waals surface area contributed by atoms with Gasteiger partial charge in [0.25, 0.3) is 0 Å². The van der Waals surface area contributed by atoms with Crippen molar-refractivity contribution < 1.29 is 9.59 Å². The molecular weight excluding hydrogens is 361 g/mol. The maximum atomic E-state index is 12.3. The van der Waals surface area contributed by atoms with Crippen LogP contribution < -0.4 is 10.3 Å². The first-order chi connectivity index (χ1) is 12.1. The fourth-order valence-electron chi connectivity index (χ4n) is 2.63. The average Bonchev–Trinajstić information content (AvgIpc) is 3.00. The minimum absolute atomic E-state index is 0.0792. The second-order valence-corrected chi connectivity index (χ2v) is 6.42. The Labute approximate surface area is 155 Å². The number of hydrogen-bond donors (Lipinski definition) is 1. The molecule has 1 atom stereocenters. The van der Waals surface area contributed by atoms with Crippen molar-refractivity contribution in [2.75, 3.05) is 11.4 Å². The Balaban J connectivity index is 1.63. The van der Waals surface area contributed by atoms with Gasteiger partial charge in [0, 0.05) is 24.2 Å². The molecule has 3 rings (SSSR count). The molecule has 0 saturated carbocycles. The molecule has 2 aromatic rings. The van der Waals surface area contributed by atoms with Gasteiger partial charge >= 0.3 is 0 Å². The third-order valence-electron chi connectivity index (χ3n) is 3.93. The fourth-order valence-corrected chi connectivity index (χ4v) is 3.12. The van der Waals surface area contributed by atoms with E-state index in [0.29, 0.717) is 22.2 Å². The molecule has 0 unspecified atom stereocenters. The first kappa shape index (κ1) is 17.5. The van der Waals surface area contributed by atoms with Gasteiger partial charge < -0.3 is 4.90 Å².